The van der Waals surface area contributed by atoms with E-state index < -0.39 is 10.0 Å². The normalized spacial score (nSPS) is 21.0. The molecule has 1 atom stereocenters. The van der Waals surface area contributed by atoms with Gasteiger partial charge in [0.25, 0.3) is 0 Å². The Balaban J connectivity index is 1.54. The van der Waals surface area contributed by atoms with Crippen molar-refractivity contribution in [3.8, 4) is 5.75 Å². The molecular weight excluding hydrogens is 376 g/mol. The first kappa shape index (κ1) is 20.9. The first-order valence-electron chi connectivity index (χ1n) is 10.0. The van der Waals surface area contributed by atoms with E-state index in [2.05, 4.69) is 40.7 Å². The van der Waals surface area contributed by atoms with Gasteiger partial charge in [-0.2, -0.15) is 4.31 Å². The van der Waals surface area contributed by atoms with Gasteiger partial charge in [0, 0.05) is 38.3 Å². The van der Waals surface area contributed by atoms with E-state index >= 15 is 0 Å². The molecule has 2 N–H and O–H groups in total. The van der Waals surface area contributed by atoms with Crippen molar-refractivity contribution in [3.63, 3.8) is 0 Å². The van der Waals surface area contributed by atoms with Gasteiger partial charge in [0.05, 0.1) is 12.9 Å². The fourth-order valence-electron chi connectivity index (χ4n) is 3.50. The van der Waals surface area contributed by atoms with Crippen LogP contribution in [0.1, 0.15) is 36.8 Å². The van der Waals surface area contributed by atoms with Crippen molar-refractivity contribution in [1.29, 1.82) is 0 Å². The lowest BCUT2D eigenvalue weighted by Crippen LogP contribution is -2.46. The Morgan fingerprint density at radius 2 is 2.07 bits per heavy atom. The lowest BCUT2D eigenvalue weighted by atomic mass is 10.1. The van der Waals surface area contributed by atoms with E-state index in [9.17, 15) is 8.42 Å². The van der Waals surface area contributed by atoms with Crippen LogP contribution in [0.5, 0.6) is 5.75 Å². The highest BCUT2D eigenvalue weighted by Gasteiger charge is 2.31. The van der Waals surface area contributed by atoms with Crippen LogP contribution in [0.2, 0.25) is 0 Å². The molecule has 0 amide bonds. The lowest BCUT2D eigenvalue weighted by molar-refractivity contribution is 0.296. The van der Waals surface area contributed by atoms with Gasteiger partial charge in [0.1, 0.15) is 5.75 Å². The topological polar surface area (TPSA) is 83.0 Å². The van der Waals surface area contributed by atoms with E-state index in [0.717, 1.165) is 30.8 Å². The van der Waals surface area contributed by atoms with Gasteiger partial charge in [-0.3, -0.25) is 4.99 Å². The zero-order valence-electron chi connectivity index (χ0n) is 17.1. The van der Waals surface area contributed by atoms with Crippen LogP contribution in [0.15, 0.2) is 23.2 Å². The summed E-state index contributed by atoms with van der Waals surface area (Å²) in [4.78, 5) is 4.27. The van der Waals surface area contributed by atoms with Crippen LogP contribution in [-0.2, 0) is 16.6 Å². The second-order valence-electron chi connectivity index (χ2n) is 7.84. The van der Waals surface area contributed by atoms with E-state index in [4.69, 9.17) is 4.74 Å². The number of guanidine groups is 1. The molecule has 1 heterocycles. The molecule has 2 fully saturated rings. The standard InChI is InChI=1S/C20H32N4O3S/c1-15-6-9-17(19(11-15)27-14-16-7-8-16)12-22-20(21-2)23-13-18-5-4-10-24(18)28(3,25)26/h6,9,11,16,18H,4-5,7-8,10,12-14H2,1-3H3,(H2,21,22,23)/t18-/m1/s1. The Morgan fingerprint density at radius 3 is 2.75 bits per heavy atom. The van der Waals surface area contributed by atoms with Gasteiger partial charge in [0.2, 0.25) is 10.0 Å². The molecule has 1 aliphatic carbocycles. The lowest BCUT2D eigenvalue weighted by Gasteiger charge is -2.23. The molecule has 156 valence electrons. The molecule has 28 heavy (non-hydrogen) atoms. The van der Waals surface area contributed by atoms with Crippen molar-refractivity contribution in [1.82, 2.24) is 14.9 Å². The van der Waals surface area contributed by atoms with Crippen LogP contribution < -0.4 is 15.4 Å². The molecule has 1 aromatic carbocycles. The Bertz CT molecular complexity index is 806. The summed E-state index contributed by atoms with van der Waals surface area (Å²) in [5, 5.41) is 6.58. The third kappa shape index (κ3) is 5.85. The minimum Gasteiger partial charge on any atom is -0.493 e. The van der Waals surface area contributed by atoms with Gasteiger partial charge in [0.15, 0.2) is 5.96 Å². The Morgan fingerprint density at radius 1 is 1.29 bits per heavy atom. The van der Waals surface area contributed by atoms with Crippen LogP contribution in [0.3, 0.4) is 0 Å². The van der Waals surface area contributed by atoms with Gasteiger partial charge >= 0.3 is 0 Å². The SMILES string of the molecule is CN=C(NCc1ccc(C)cc1OCC1CC1)NC[C@H]1CCCN1S(C)(=O)=O. The van der Waals surface area contributed by atoms with Gasteiger partial charge in [-0.1, -0.05) is 12.1 Å². The number of benzene rings is 1. The van der Waals surface area contributed by atoms with Gasteiger partial charge in [-0.15, -0.1) is 0 Å². The molecule has 0 unspecified atom stereocenters. The summed E-state index contributed by atoms with van der Waals surface area (Å²) in [6.45, 7) is 4.59. The number of hydrogen-bond donors (Lipinski definition) is 2. The third-order valence-electron chi connectivity index (χ3n) is 5.32. The van der Waals surface area contributed by atoms with Crippen LogP contribution >= 0.6 is 0 Å². The van der Waals surface area contributed by atoms with E-state index in [1.807, 2.05) is 0 Å². The van der Waals surface area contributed by atoms with Crippen molar-refractivity contribution in [2.24, 2.45) is 10.9 Å². The molecule has 0 aromatic heterocycles. The minimum atomic E-state index is -3.16. The maximum atomic E-state index is 11.9. The number of hydrogen-bond acceptors (Lipinski definition) is 4. The highest BCUT2D eigenvalue weighted by Crippen LogP contribution is 2.30. The summed E-state index contributed by atoms with van der Waals surface area (Å²) < 4.78 is 31.4. The number of aliphatic imine (C=N–C) groups is 1. The average molecular weight is 409 g/mol. The predicted molar refractivity (Wildman–Crippen MR) is 112 cm³/mol. The Hall–Kier alpha value is -1.80. The summed E-state index contributed by atoms with van der Waals surface area (Å²) >= 11 is 0. The van der Waals surface area contributed by atoms with E-state index in [1.54, 1.807) is 11.4 Å². The molecule has 1 aliphatic heterocycles. The maximum absolute atomic E-state index is 11.9. The fraction of sp³-hybridized carbons (Fsp3) is 0.650. The maximum Gasteiger partial charge on any atom is 0.211 e. The van der Waals surface area contributed by atoms with E-state index in [-0.39, 0.29) is 6.04 Å². The van der Waals surface area contributed by atoms with Crippen LogP contribution in [0, 0.1) is 12.8 Å². The van der Waals surface area contributed by atoms with Crippen molar-refractivity contribution in [2.45, 2.75) is 45.2 Å². The molecule has 0 bridgehead atoms. The van der Waals surface area contributed by atoms with E-state index in [1.165, 1.54) is 24.7 Å². The monoisotopic (exact) mass is 408 g/mol. The number of rotatable bonds is 8. The zero-order valence-corrected chi connectivity index (χ0v) is 17.9. The summed E-state index contributed by atoms with van der Waals surface area (Å²) in [7, 11) is -1.44. The summed E-state index contributed by atoms with van der Waals surface area (Å²) in [6, 6.07) is 6.23. The Kier molecular flexibility index (Phi) is 6.82. The molecule has 1 saturated carbocycles. The zero-order chi connectivity index (χ0) is 20.1. The fourth-order valence-corrected chi connectivity index (χ4v) is 4.68. The molecule has 2 aliphatic rings. The predicted octanol–water partition coefficient (Wildman–Crippen LogP) is 1.87. The third-order valence-corrected chi connectivity index (χ3v) is 6.65. The number of ether oxygens (including phenoxy) is 1. The Labute approximate surface area is 168 Å². The highest BCUT2D eigenvalue weighted by atomic mass is 32.2. The number of nitrogens with zero attached hydrogens (tertiary/aromatic N) is 2. The minimum absolute atomic E-state index is 0.0228. The van der Waals surface area contributed by atoms with Crippen molar-refractivity contribution in [3.05, 3.63) is 29.3 Å². The first-order chi connectivity index (χ1) is 13.4. The molecule has 0 radical (unpaired) electrons. The van der Waals surface area contributed by atoms with Crippen molar-refractivity contribution < 1.29 is 13.2 Å². The molecule has 7 nitrogen and oxygen atoms in total. The van der Waals surface area contributed by atoms with Gasteiger partial charge in [-0.25, -0.2) is 8.42 Å². The number of aryl methyl sites for hydroxylation is 1. The van der Waals surface area contributed by atoms with Crippen LogP contribution in [0.25, 0.3) is 0 Å². The van der Waals surface area contributed by atoms with Gasteiger partial charge in [-0.05, 0) is 50.2 Å². The molecule has 0 spiro atoms. The van der Waals surface area contributed by atoms with Crippen LogP contribution in [-0.4, -0.2) is 57.7 Å². The second kappa shape index (κ2) is 9.13. The smallest absolute Gasteiger partial charge is 0.211 e. The molecular formula is C20H32N4O3S. The molecule has 1 saturated heterocycles. The summed E-state index contributed by atoms with van der Waals surface area (Å²) in [6.07, 6.45) is 5.58. The largest absolute Gasteiger partial charge is 0.493 e. The number of nitrogens with one attached hydrogen (secondary N) is 2. The molecule has 3 rings (SSSR count). The number of sulfonamides is 1. The first-order valence-corrected chi connectivity index (χ1v) is 11.9. The highest BCUT2D eigenvalue weighted by molar-refractivity contribution is 7.88. The van der Waals surface area contributed by atoms with Crippen molar-refractivity contribution in [2.75, 3.05) is 33.0 Å². The summed E-state index contributed by atoms with van der Waals surface area (Å²) in [5.74, 6) is 2.29. The van der Waals surface area contributed by atoms with Crippen LogP contribution in [0.4, 0.5) is 0 Å². The average Bonchev–Trinajstić information content (AvgIpc) is 3.35. The van der Waals surface area contributed by atoms with Gasteiger partial charge < -0.3 is 15.4 Å². The molecule has 1 aromatic rings. The summed E-state index contributed by atoms with van der Waals surface area (Å²) in [5.41, 5.74) is 2.27. The second-order valence-corrected chi connectivity index (χ2v) is 9.78. The van der Waals surface area contributed by atoms with Crippen molar-refractivity contribution >= 4 is 16.0 Å². The molecule has 8 heteroatoms. The van der Waals surface area contributed by atoms with E-state index in [0.29, 0.717) is 31.5 Å². The quantitative estimate of drug-likeness (QED) is 0.507.